The Kier molecular flexibility index (Phi) is 10.2. The van der Waals surface area contributed by atoms with Gasteiger partial charge in [0, 0.05) is 38.7 Å². The number of methoxy groups -OCH3 is 1. The van der Waals surface area contributed by atoms with Crippen molar-refractivity contribution in [3.8, 4) is 0 Å². The molecule has 3 fully saturated rings. The Bertz CT molecular complexity index is 1360. The van der Waals surface area contributed by atoms with Crippen LogP contribution in [0.5, 0.6) is 0 Å². The number of carbonyl (C=O) groups is 2. The Balaban J connectivity index is 1.33. The molecule has 1 aromatic rings. The molecule has 3 saturated heterocycles. The summed E-state index contributed by atoms with van der Waals surface area (Å²) in [5, 5.41) is 11.4. The summed E-state index contributed by atoms with van der Waals surface area (Å²) in [6, 6.07) is 0. The van der Waals surface area contributed by atoms with Crippen LogP contribution in [0.15, 0.2) is 52.2 Å². The van der Waals surface area contributed by atoms with E-state index in [0.29, 0.717) is 25.2 Å². The zero-order valence-electron chi connectivity index (χ0n) is 27.3. The van der Waals surface area contributed by atoms with Crippen LogP contribution in [0.1, 0.15) is 71.9 Å². The molecule has 1 aromatic heterocycles. The molecule has 246 valence electrons. The van der Waals surface area contributed by atoms with Crippen molar-refractivity contribution in [1.82, 2.24) is 4.98 Å². The summed E-state index contributed by atoms with van der Waals surface area (Å²) in [6.07, 6.45) is 11.7. The SMILES string of the molecule is CO[C@@H](/C(C)=C/C=C/C(C)=C/c1coc(C)n1)[C@@H](C)[C@@H]1C[C@H](O)[C@]2(C)O[C@@H]2/C=C/[C@@H](C)[C@H]2C[C@H](CC(=O)O2)C[C@H]2OC2C(=O)O1. The number of aliphatic hydroxyl groups is 1. The first-order chi connectivity index (χ1) is 21.4. The van der Waals surface area contributed by atoms with Crippen molar-refractivity contribution in [3.63, 3.8) is 0 Å². The highest BCUT2D eigenvalue weighted by molar-refractivity contribution is 5.78. The second-order valence-electron chi connectivity index (χ2n) is 13.3. The molecule has 11 atom stereocenters. The molecule has 5 rings (SSSR count). The van der Waals surface area contributed by atoms with Crippen molar-refractivity contribution in [2.75, 3.05) is 7.11 Å². The van der Waals surface area contributed by atoms with E-state index in [1.807, 2.05) is 71.1 Å². The maximum atomic E-state index is 13.4. The van der Waals surface area contributed by atoms with E-state index in [-0.39, 0.29) is 48.5 Å². The number of aromatic nitrogens is 1. The molecule has 0 aliphatic carbocycles. The van der Waals surface area contributed by atoms with Gasteiger partial charge in [-0.2, -0.15) is 0 Å². The number of esters is 2. The third-order valence-corrected chi connectivity index (χ3v) is 9.63. The lowest BCUT2D eigenvalue weighted by Gasteiger charge is -2.33. The minimum absolute atomic E-state index is 0.0130. The van der Waals surface area contributed by atoms with Crippen molar-refractivity contribution >= 4 is 18.0 Å². The molecule has 0 aromatic carbocycles. The molecule has 10 heteroatoms. The molecule has 0 spiro atoms. The highest BCUT2D eigenvalue weighted by Gasteiger charge is 2.57. The van der Waals surface area contributed by atoms with Gasteiger partial charge in [-0.1, -0.05) is 44.2 Å². The van der Waals surface area contributed by atoms with Crippen LogP contribution in [0.3, 0.4) is 0 Å². The summed E-state index contributed by atoms with van der Waals surface area (Å²) in [6.45, 7) is 11.6. The zero-order chi connectivity index (χ0) is 32.5. The number of epoxide rings is 2. The van der Waals surface area contributed by atoms with Gasteiger partial charge < -0.3 is 33.2 Å². The molecule has 10 nitrogen and oxygen atoms in total. The highest BCUT2D eigenvalue weighted by atomic mass is 16.6. The van der Waals surface area contributed by atoms with Crippen LogP contribution >= 0.6 is 0 Å². The second-order valence-corrected chi connectivity index (χ2v) is 13.3. The van der Waals surface area contributed by atoms with Gasteiger partial charge in [-0.15, -0.1) is 0 Å². The molecule has 1 N–H and O–H groups in total. The van der Waals surface area contributed by atoms with Gasteiger partial charge in [-0.25, -0.2) is 9.78 Å². The van der Waals surface area contributed by atoms with Crippen molar-refractivity contribution in [2.45, 2.75) is 116 Å². The van der Waals surface area contributed by atoms with Gasteiger partial charge in [0.05, 0.1) is 18.3 Å². The Hall–Kier alpha value is -3.05. The van der Waals surface area contributed by atoms with Crippen LogP contribution in [0.25, 0.3) is 6.08 Å². The van der Waals surface area contributed by atoms with E-state index in [1.165, 1.54) is 0 Å². The molecule has 45 heavy (non-hydrogen) atoms. The topological polar surface area (TPSA) is 133 Å². The zero-order valence-corrected chi connectivity index (χ0v) is 27.3. The van der Waals surface area contributed by atoms with E-state index in [0.717, 1.165) is 16.8 Å². The number of rotatable bonds is 7. The monoisotopic (exact) mass is 625 g/mol. The fraction of sp³-hybridized carbons (Fsp3) is 0.629. The number of aliphatic hydroxyl groups excluding tert-OH is 1. The van der Waals surface area contributed by atoms with Crippen LogP contribution in [0.2, 0.25) is 0 Å². The van der Waals surface area contributed by atoms with Crippen LogP contribution < -0.4 is 0 Å². The molecule has 2 bridgehead atoms. The maximum Gasteiger partial charge on any atom is 0.338 e. The normalized spacial score (nSPS) is 38.0. The predicted octanol–water partition coefficient (Wildman–Crippen LogP) is 5.05. The molecule has 1 unspecified atom stereocenters. The number of hydrogen-bond acceptors (Lipinski definition) is 10. The fourth-order valence-electron chi connectivity index (χ4n) is 6.64. The average molecular weight is 626 g/mol. The van der Waals surface area contributed by atoms with E-state index in [4.69, 9.17) is 28.1 Å². The van der Waals surface area contributed by atoms with Gasteiger partial charge >= 0.3 is 11.9 Å². The number of aryl methyl sites for hydroxylation is 1. The minimum atomic E-state index is -0.905. The lowest BCUT2D eigenvalue weighted by Crippen LogP contribution is -2.42. The number of ether oxygens (including phenoxy) is 5. The summed E-state index contributed by atoms with van der Waals surface area (Å²) in [5.74, 6) is -0.316. The summed E-state index contributed by atoms with van der Waals surface area (Å²) in [5.41, 5.74) is 1.86. The molecular formula is C35H47NO9. The number of cyclic esters (lactones) is 1. The Morgan fingerprint density at radius 1 is 1.16 bits per heavy atom. The number of allylic oxidation sites excluding steroid dienone is 4. The van der Waals surface area contributed by atoms with Crippen molar-refractivity contribution in [1.29, 1.82) is 0 Å². The average Bonchev–Trinajstić information content (AvgIpc) is 3.86. The van der Waals surface area contributed by atoms with Gasteiger partial charge in [0.2, 0.25) is 0 Å². The van der Waals surface area contributed by atoms with Crippen molar-refractivity contribution in [2.24, 2.45) is 17.8 Å². The van der Waals surface area contributed by atoms with Gasteiger partial charge in [0.25, 0.3) is 0 Å². The van der Waals surface area contributed by atoms with Crippen LogP contribution in [-0.2, 0) is 33.3 Å². The summed E-state index contributed by atoms with van der Waals surface area (Å²) >= 11 is 0. The quantitative estimate of drug-likeness (QED) is 0.190. The minimum Gasteiger partial charge on any atom is -0.462 e. The largest absolute Gasteiger partial charge is 0.462 e. The Labute approximate surface area is 265 Å². The molecule has 4 aliphatic rings. The standard InChI is InChI=1S/C35H47NO9/c1-19(13-25-18-41-23(5)36-25)9-8-10-21(3)32(40-7)22(4)27-17-29(37)35(6)30(45-35)12-11-20(2)26-14-24(16-31(38)42-26)15-28-33(43-28)34(39)44-27/h8-13,18,20,22,24,26-30,32-33,37H,14-17H2,1-7H3/b9-8+,12-11+,19-13+,21-10+/t20-,22+,24+,26-,27+,28-,29+,30-,32+,33?,35+/m1/s1. The fourth-order valence-corrected chi connectivity index (χ4v) is 6.64. The number of oxazole rings is 1. The van der Waals surface area contributed by atoms with E-state index < -0.39 is 36.0 Å². The van der Waals surface area contributed by atoms with E-state index >= 15 is 0 Å². The Morgan fingerprint density at radius 3 is 2.62 bits per heavy atom. The first-order valence-electron chi connectivity index (χ1n) is 16.0. The lowest BCUT2D eigenvalue weighted by atomic mass is 9.84. The molecular weight excluding hydrogens is 578 g/mol. The van der Waals surface area contributed by atoms with E-state index in [9.17, 15) is 14.7 Å². The first-order valence-corrected chi connectivity index (χ1v) is 16.0. The van der Waals surface area contributed by atoms with Gasteiger partial charge in [0.1, 0.15) is 35.9 Å². The first kappa shape index (κ1) is 33.3. The highest BCUT2D eigenvalue weighted by Crippen LogP contribution is 2.44. The molecule has 0 saturated carbocycles. The second kappa shape index (κ2) is 13.7. The summed E-state index contributed by atoms with van der Waals surface area (Å²) in [7, 11) is 1.63. The lowest BCUT2D eigenvalue weighted by molar-refractivity contribution is -0.159. The predicted molar refractivity (Wildman–Crippen MR) is 166 cm³/mol. The van der Waals surface area contributed by atoms with Gasteiger partial charge in [-0.3, -0.25) is 4.79 Å². The number of nitrogens with zero attached hydrogens (tertiary/aromatic N) is 1. The van der Waals surface area contributed by atoms with Crippen LogP contribution in [0, 0.1) is 24.7 Å². The Morgan fingerprint density at radius 2 is 1.91 bits per heavy atom. The molecule has 0 amide bonds. The summed E-state index contributed by atoms with van der Waals surface area (Å²) < 4.78 is 34.7. The van der Waals surface area contributed by atoms with Crippen molar-refractivity contribution in [3.05, 3.63) is 59.4 Å². The van der Waals surface area contributed by atoms with Gasteiger partial charge in [-0.05, 0) is 56.8 Å². The van der Waals surface area contributed by atoms with Crippen LogP contribution in [0.4, 0.5) is 0 Å². The summed E-state index contributed by atoms with van der Waals surface area (Å²) in [4.78, 5) is 30.1. The third kappa shape index (κ3) is 8.03. The van der Waals surface area contributed by atoms with Gasteiger partial charge in [0.15, 0.2) is 12.0 Å². The van der Waals surface area contributed by atoms with Crippen molar-refractivity contribution < 1.29 is 42.8 Å². The number of fused-ring (bicyclic) bond motifs is 4. The van der Waals surface area contributed by atoms with E-state index in [2.05, 4.69) is 4.98 Å². The number of hydrogen-bond donors (Lipinski definition) is 1. The third-order valence-electron chi connectivity index (χ3n) is 9.63. The van der Waals surface area contributed by atoms with Crippen LogP contribution in [-0.4, -0.2) is 77.5 Å². The van der Waals surface area contributed by atoms with E-state index in [1.54, 1.807) is 20.3 Å². The molecule has 0 radical (unpaired) electrons. The maximum absolute atomic E-state index is 13.4. The smallest absolute Gasteiger partial charge is 0.338 e. The molecule has 4 aliphatic heterocycles. The number of carbonyl (C=O) groups excluding carboxylic acids is 2. The molecule has 5 heterocycles.